The van der Waals surface area contributed by atoms with Gasteiger partial charge < -0.3 is 5.32 Å². The number of carbonyl (C=O) groups is 1. The molecular formula is C16H18N2OS. The summed E-state index contributed by atoms with van der Waals surface area (Å²) in [7, 11) is 0. The third kappa shape index (κ3) is 2.75. The predicted octanol–water partition coefficient (Wildman–Crippen LogP) is 3.51. The molecule has 1 N–H and O–H groups in total. The fourth-order valence-corrected chi connectivity index (χ4v) is 3.22. The molecule has 4 heteroatoms. The standard InChI is InChI=1S/C16H18N2OS/c1-11(18-16(19)15-9-17-10-20-15)13-7-6-12-4-2-3-5-14(12)8-13/h6-11H,2-5H2,1H3,(H,18,19). The van der Waals surface area contributed by atoms with Crippen LogP contribution in [0.4, 0.5) is 0 Å². The van der Waals surface area contributed by atoms with E-state index in [1.54, 1.807) is 11.7 Å². The molecule has 2 aromatic rings. The van der Waals surface area contributed by atoms with Gasteiger partial charge in [0.1, 0.15) is 4.88 Å². The van der Waals surface area contributed by atoms with Crippen molar-refractivity contribution in [1.82, 2.24) is 10.3 Å². The van der Waals surface area contributed by atoms with Gasteiger partial charge in [0, 0.05) is 0 Å². The molecule has 0 radical (unpaired) electrons. The molecule has 0 saturated heterocycles. The van der Waals surface area contributed by atoms with Crippen LogP contribution in [0.3, 0.4) is 0 Å². The Morgan fingerprint density at radius 2 is 2.10 bits per heavy atom. The Kier molecular flexibility index (Phi) is 3.83. The maximum absolute atomic E-state index is 12.0. The number of nitrogens with one attached hydrogen (secondary N) is 1. The molecule has 1 unspecified atom stereocenters. The first-order chi connectivity index (χ1) is 9.74. The summed E-state index contributed by atoms with van der Waals surface area (Å²) in [6.07, 6.45) is 6.54. The lowest BCUT2D eigenvalue weighted by molar-refractivity contribution is 0.0944. The number of thiazole rings is 1. The van der Waals surface area contributed by atoms with Gasteiger partial charge in [0.2, 0.25) is 0 Å². The van der Waals surface area contributed by atoms with Gasteiger partial charge >= 0.3 is 0 Å². The highest BCUT2D eigenvalue weighted by Gasteiger charge is 2.15. The van der Waals surface area contributed by atoms with E-state index in [-0.39, 0.29) is 11.9 Å². The van der Waals surface area contributed by atoms with E-state index in [4.69, 9.17) is 0 Å². The third-order valence-corrected chi connectivity index (χ3v) is 4.65. The Bertz CT molecular complexity index is 607. The normalized spacial score (nSPS) is 15.4. The van der Waals surface area contributed by atoms with E-state index in [1.807, 2.05) is 6.92 Å². The minimum Gasteiger partial charge on any atom is -0.345 e. The zero-order valence-electron chi connectivity index (χ0n) is 11.6. The molecule has 20 heavy (non-hydrogen) atoms. The smallest absolute Gasteiger partial charge is 0.263 e. The first-order valence-corrected chi connectivity index (χ1v) is 7.93. The molecule has 1 aliphatic rings. The summed E-state index contributed by atoms with van der Waals surface area (Å²) < 4.78 is 0. The molecule has 0 aliphatic heterocycles. The number of hydrogen-bond donors (Lipinski definition) is 1. The highest BCUT2D eigenvalue weighted by Crippen LogP contribution is 2.25. The molecular weight excluding hydrogens is 268 g/mol. The molecule has 1 aromatic heterocycles. The first-order valence-electron chi connectivity index (χ1n) is 7.05. The van der Waals surface area contributed by atoms with Crippen molar-refractivity contribution in [3.05, 3.63) is 51.5 Å². The minimum atomic E-state index is -0.0438. The van der Waals surface area contributed by atoms with Crippen molar-refractivity contribution in [3.8, 4) is 0 Å². The second-order valence-electron chi connectivity index (χ2n) is 5.30. The van der Waals surface area contributed by atoms with Crippen molar-refractivity contribution in [2.24, 2.45) is 0 Å². The number of benzene rings is 1. The van der Waals surface area contributed by atoms with Gasteiger partial charge in [-0.15, -0.1) is 11.3 Å². The molecule has 0 saturated carbocycles. The molecule has 1 heterocycles. The van der Waals surface area contributed by atoms with Gasteiger partial charge in [0.05, 0.1) is 17.7 Å². The molecule has 3 nitrogen and oxygen atoms in total. The lowest BCUT2D eigenvalue weighted by atomic mass is 9.89. The van der Waals surface area contributed by atoms with Crippen LogP contribution in [0, 0.1) is 0 Å². The van der Waals surface area contributed by atoms with Crippen LogP contribution in [0.2, 0.25) is 0 Å². The number of nitrogens with zero attached hydrogens (tertiary/aromatic N) is 1. The number of rotatable bonds is 3. The van der Waals surface area contributed by atoms with Gasteiger partial charge in [-0.1, -0.05) is 18.2 Å². The Morgan fingerprint density at radius 1 is 1.30 bits per heavy atom. The van der Waals surface area contributed by atoms with E-state index in [1.165, 1.54) is 53.7 Å². The van der Waals surface area contributed by atoms with Gasteiger partial charge in [-0.2, -0.15) is 0 Å². The molecule has 0 spiro atoms. The summed E-state index contributed by atoms with van der Waals surface area (Å²) in [4.78, 5) is 16.6. The molecule has 104 valence electrons. The molecule has 1 aromatic carbocycles. The Hall–Kier alpha value is -1.68. The van der Waals surface area contributed by atoms with E-state index in [0.717, 1.165) is 0 Å². The number of aryl methyl sites for hydroxylation is 2. The average molecular weight is 286 g/mol. The van der Waals surface area contributed by atoms with Crippen LogP contribution < -0.4 is 5.32 Å². The van der Waals surface area contributed by atoms with Crippen LogP contribution >= 0.6 is 11.3 Å². The van der Waals surface area contributed by atoms with E-state index in [9.17, 15) is 4.79 Å². The summed E-state index contributed by atoms with van der Waals surface area (Å²) >= 11 is 1.37. The molecule has 1 aliphatic carbocycles. The van der Waals surface area contributed by atoms with E-state index < -0.39 is 0 Å². The second kappa shape index (κ2) is 5.75. The fourth-order valence-electron chi connectivity index (χ4n) is 2.70. The van der Waals surface area contributed by atoms with Crippen LogP contribution in [-0.2, 0) is 12.8 Å². The van der Waals surface area contributed by atoms with Crippen LogP contribution in [0.1, 0.15) is 52.2 Å². The van der Waals surface area contributed by atoms with Gasteiger partial charge in [0.15, 0.2) is 0 Å². The van der Waals surface area contributed by atoms with E-state index >= 15 is 0 Å². The van der Waals surface area contributed by atoms with Crippen molar-refractivity contribution in [2.45, 2.75) is 38.6 Å². The number of amides is 1. The van der Waals surface area contributed by atoms with E-state index in [0.29, 0.717) is 4.88 Å². The number of aromatic nitrogens is 1. The molecule has 1 amide bonds. The minimum absolute atomic E-state index is 0.0248. The van der Waals surface area contributed by atoms with Crippen molar-refractivity contribution in [1.29, 1.82) is 0 Å². The van der Waals surface area contributed by atoms with Gasteiger partial charge in [-0.3, -0.25) is 9.78 Å². The van der Waals surface area contributed by atoms with E-state index in [2.05, 4.69) is 28.5 Å². The highest BCUT2D eigenvalue weighted by molar-refractivity contribution is 7.11. The van der Waals surface area contributed by atoms with Crippen LogP contribution in [-0.4, -0.2) is 10.9 Å². The summed E-state index contributed by atoms with van der Waals surface area (Å²) in [5, 5.41) is 3.04. The van der Waals surface area contributed by atoms with Crippen molar-refractivity contribution >= 4 is 17.2 Å². The number of carbonyl (C=O) groups excluding carboxylic acids is 1. The summed E-state index contributed by atoms with van der Waals surface area (Å²) in [6.45, 7) is 2.03. The van der Waals surface area contributed by atoms with Crippen molar-refractivity contribution in [3.63, 3.8) is 0 Å². The zero-order chi connectivity index (χ0) is 13.9. The topological polar surface area (TPSA) is 42.0 Å². The van der Waals surface area contributed by atoms with Crippen LogP contribution in [0.25, 0.3) is 0 Å². The SMILES string of the molecule is CC(NC(=O)c1cncs1)c1ccc2c(c1)CCCC2. The molecule has 0 bridgehead atoms. The molecule has 1 atom stereocenters. The average Bonchev–Trinajstić information content (AvgIpc) is 3.01. The monoisotopic (exact) mass is 286 g/mol. The Morgan fingerprint density at radius 3 is 2.85 bits per heavy atom. The highest BCUT2D eigenvalue weighted by atomic mass is 32.1. The number of fused-ring (bicyclic) bond motifs is 1. The van der Waals surface area contributed by atoms with Gasteiger partial charge in [0.25, 0.3) is 5.91 Å². The zero-order valence-corrected chi connectivity index (χ0v) is 12.4. The fraction of sp³-hybridized carbons (Fsp3) is 0.375. The lowest BCUT2D eigenvalue weighted by Gasteiger charge is -2.19. The van der Waals surface area contributed by atoms with Gasteiger partial charge in [-0.05, 0) is 49.3 Å². The summed E-state index contributed by atoms with van der Waals surface area (Å²) in [5.74, 6) is -0.0438. The van der Waals surface area contributed by atoms with Crippen LogP contribution in [0.15, 0.2) is 29.9 Å². The predicted molar refractivity (Wildman–Crippen MR) is 81.1 cm³/mol. The van der Waals surface area contributed by atoms with Crippen molar-refractivity contribution < 1.29 is 4.79 Å². The number of hydrogen-bond acceptors (Lipinski definition) is 3. The molecule has 3 rings (SSSR count). The second-order valence-corrected chi connectivity index (χ2v) is 6.18. The molecule has 0 fully saturated rings. The van der Waals surface area contributed by atoms with Gasteiger partial charge in [-0.25, -0.2) is 0 Å². The summed E-state index contributed by atoms with van der Waals surface area (Å²) in [5.41, 5.74) is 5.79. The third-order valence-electron chi connectivity index (χ3n) is 3.88. The van der Waals surface area contributed by atoms with Crippen molar-refractivity contribution in [2.75, 3.05) is 0 Å². The Labute approximate surface area is 123 Å². The van der Waals surface area contributed by atoms with Crippen LogP contribution in [0.5, 0.6) is 0 Å². The maximum Gasteiger partial charge on any atom is 0.263 e. The summed E-state index contributed by atoms with van der Waals surface area (Å²) in [6, 6.07) is 6.64. The Balaban J connectivity index is 1.74. The quantitative estimate of drug-likeness (QED) is 0.938. The first kappa shape index (κ1) is 13.3. The maximum atomic E-state index is 12.0. The lowest BCUT2D eigenvalue weighted by Crippen LogP contribution is -2.26. The largest absolute Gasteiger partial charge is 0.345 e.